The highest BCUT2D eigenvalue weighted by Crippen LogP contribution is 2.21. The predicted octanol–water partition coefficient (Wildman–Crippen LogP) is 1.19. The predicted molar refractivity (Wildman–Crippen MR) is 103 cm³/mol. The fraction of sp³-hybridized carbons (Fsp3) is 0.600. The fourth-order valence-electron chi connectivity index (χ4n) is 3.82. The lowest BCUT2D eigenvalue weighted by molar-refractivity contribution is -0.134. The number of carbonyl (C=O) groups is 2. The minimum absolute atomic E-state index is 0.0656. The number of urea groups is 1. The van der Waals surface area contributed by atoms with Gasteiger partial charge in [-0.25, -0.2) is 9.18 Å². The molecule has 1 aromatic carbocycles. The standard InChI is InChI=1S/C20H29FN4O3/c1-28-11-10-25(19(26)18-12-22-20(27)23-18)13-15-6-8-24(9-7-15)14-16-4-2-3-5-17(16)21/h2-5,15,18H,6-14H2,1H3,(H2,22,23,27). The van der Waals surface area contributed by atoms with Crippen molar-refractivity contribution in [3.05, 3.63) is 35.6 Å². The maximum Gasteiger partial charge on any atom is 0.315 e. The van der Waals surface area contributed by atoms with Crippen molar-refractivity contribution in [1.82, 2.24) is 20.4 Å². The molecule has 0 saturated carbocycles. The first-order valence-corrected chi connectivity index (χ1v) is 9.84. The van der Waals surface area contributed by atoms with Crippen LogP contribution >= 0.6 is 0 Å². The Labute approximate surface area is 165 Å². The Balaban J connectivity index is 1.51. The molecule has 3 rings (SSSR count). The average Bonchev–Trinajstić information content (AvgIpc) is 3.14. The number of nitrogens with zero attached hydrogens (tertiary/aromatic N) is 2. The molecular formula is C20H29FN4O3. The first-order valence-electron chi connectivity index (χ1n) is 9.84. The topological polar surface area (TPSA) is 73.9 Å². The van der Waals surface area contributed by atoms with E-state index in [1.807, 2.05) is 12.1 Å². The van der Waals surface area contributed by atoms with Gasteiger partial charge in [0.1, 0.15) is 11.9 Å². The summed E-state index contributed by atoms with van der Waals surface area (Å²) in [6.45, 7) is 4.33. The number of hydrogen-bond acceptors (Lipinski definition) is 4. The Morgan fingerprint density at radius 2 is 2.07 bits per heavy atom. The van der Waals surface area contributed by atoms with Crippen molar-refractivity contribution in [3.8, 4) is 0 Å². The molecule has 0 spiro atoms. The third-order valence-corrected chi connectivity index (χ3v) is 5.48. The number of hydrogen-bond donors (Lipinski definition) is 2. The van der Waals surface area contributed by atoms with Crippen LogP contribution in [0.2, 0.25) is 0 Å². The highest BCUT2D eigenvalue weighted by Gasteiger charge is 2.32. The van der Waals surface area contributed by atoms with Crippen LogP contribution in [0, 0.1) is 11.7 Å². The summed E-state index contributed by atoms with van der Waals surface area (Å²) in [6, 6.07) is 6.09. The zero-order valence-electron chi connectivity index (χ0n) is 16.3. The first kappa shape index (κ1) is 20.5. The van der Waals surface area contributed by atoms with Crippen LogP contribution in [-0.2, 0) is 16.1 Å². The highest BCUT2D eigenvalue weighted by molar-refractivity contribution is 5.90. The second kappa shape index (κ2) is 9.84. The molecule has 2 fully saturated rings. The number of carbonyl (C=O) groups excluding carboxylic acids is 2. The van der Waals surface area contributed by atoms with Gasteiger partial charge in [0.25, 0.3) is 0 Å². The number of rotatable bonds is 8. The summed E-state index contributed by atoms with van der Waals surface area (Å²) < 4.78 is 19.0. The molecule has 2 saturated heterocycles. The number of halogens is 1. The Morgan fingerprint density at radius 1 is 1.32 bits per heavy atom. The van der Waals surface area contributed by atoms with Crippen LogP contribution in [0.4, 0.5) is 9.18 Å². The van der Waals surface area contributed by atoms with Crippen molar-refractivity contribution in [2.24, 2.45) is 5.92 Å². The van der Waals surface area contributed by atoms with Crippen molar-refractivity contribution < 1.29 is 18.7 Å². The van der Waals surface area contributed by atoms with Crippen molar-refractivity contribution in [3.63, 3.8) is 0 Å². The molecule has 1 atom stereocenters. The molecule has 0 aliphatic carbocycles. The van der Waals surface area contributed by atoms with Crippen molar-refractivity contribution in [2.45, 2.75) is 25.4 Å². The van der Waals surface area contributed by atoms with E-state index in [9.17, 15) is 14.0 Å². The minimum Gasteiger partial charge on any atom is -0.383 e. The monoisotopic (exact) mass is 392 g/mol. The van der Waals surface area contributed by atoms with Crippen LogP contribution < -0.4 is 10.6 Å². The molecule has 8 heteroatoms. The first-order chi connectivity index (χ1) is 13.6. The molecule has 7 nitrogen and oxygen atoms in total. The van der Waals surface area contributed by atoms with E-state index < -0.39 is 6.04 Å². The third-order valence-electron chi connectivity index (χ3n) is 5.48. The van der Waals surface area contributed by atoms with Gasteiger partial charge in [0.2, 0.25) is 5.91 Å². The van der Waals surface area contributed by atoms with Crippen LogP contribution in [-0.4, -0.2) is 74.2 Å². The number of nitrogens with one attached hydrogen (secondary N) is 2. The highest BCUT2D eigenvalue weighted by atomic mass is 19.1. The summed E-state index contributed by atoms with van der Waals surface area (Å²) in [4.78, 5) is 28.2. The second-order valence-electron chi connectivity index (χ2n) is 7.49. The zero-order chi connectivity index (χ0) is 19.9. The number of likely N-dealkylation sites (tertiary alicyclic amines) is 1. The molecular weight excluding hydrogens is 363 g/mol. The molecule has 2 N–H and O–H groups in total. The maximum absolute atomic E-state index is 13.9. The summed E-state index contributed by atoms with van der Waals surface area (Å²) in [6.07, 6.45) is 1.92. The number of ether oxygens (including phenoxy) is 1. The Morgan fingerprint density at radius 3 is 2.71 bits per heavy atom. The van der Waals surface area contributed by atoms with Gasteiger partial charge in [-0.2, -0.15) is 0 Å². The van der Waals surface area contributed by atoms with Gasteiger partial charge in [0.15, 0.2) is 0 Å². The number of benzene rings is 1. The lowest BCUT2D eigenvalue weighted by atomic mass is 9.95. The largest absolute Gasteiger partial charge is 0.383 e. The van der Waals surface area contributed by atoms with Crippen LogP contribution in [0.25, 0.3) is 0 Å². The van der Waals surface area contributed by atoms with Gasteiger partial charge >= 0.3 is 6.03 Å². The SMILES string of the molecule is COCCN(CC1CCN(Cc2ccccc2F)CC1)C(=O)C1CNC(=O)N1. The smallest absolute Gasteiger partial charge is 0.315 e. The molecule has 1 unspecified atom stereocenters. The van der Waals surface area contributed by atoms with Gasteiger partial charge in [-0.3, -0.25) is 9.69 Å². The Bertz CT molecular complexity index is 679. The van der Waals surface area contributed by atoms with E-state index in [1.54, 1.807) is 18.1 Å². The molecule has 0 bridgehead atoms. The van der Waals surface area contributed by atoms with Crippen LogP contribution in [0.15, 0.2) is 24.3 Å². The van der Waals surface area contributed by atoms with E-state index in [2.05, 4.69) is 15.5 Å². The van der Waals surface area contributed by atoms with E-state index in [-0.39, 0.29) is 17.8 Å². The fourth-order valence-corrected chi connectivity index (χ4v) is 3.82. The molecule has 154 valence electrons. The van der Waals surface area contributed by atoms with Gasteiger partial charge in [-0.05, 0) is 37.9 Å². The van der Waals surface area contributed by atoms with Gasteiger partial charge in [-0.1, -0.05) is 18.2 Å². The Hall–Kier alpha value is -2.19. The lowest BCUT2D eigenvalue weighted by Crippen LogP contribution is -2.49. The number of methoxy groups -OCH3 is 1. The lowest BCUT2D eigenvalue weighted by Gasteiger charge is -2.35. The third kappa shape index (κ3) is 5.42. The molecule has 0 radical (unpaired) electrons. The zero-order valence-corrected chi connectivity index (χ0v) is 16.3. The van der Waals surface area contributed by atoms with Gasteiger partial charge < -0.3 is 20.3 Å². The van der Waals surface area contributed by atoms with Crippen molar-refractivity contribution in [1.29, 1.82) is 0 Å². The summed E-state index contributed by atoms with van der Waals surface area (Å²) in [5.74, 6) is 0.167. The number of piperidine rings is 1. The molecule has 2 heterocycles. The van der Waals surface area contributed by atoms with E-state index in [1.165, 1.54) is 6.07 Å². The minimum atomic E-state index is -0.509. The normalized spacial score (nSPS) is 20.6. The van der Waals surface area contributed by atoms with Crippen LogP contribution in [0.5, 0.6) is 0 Å². The van der Waals surface area contributed by atoms with Crippen LogP contribution in [0.3, 0.4) is 0 Å². The average molecular weight is 392 g/mol. The van der Waals surface area contributed by atoms with E-state index in [4.69, 9.17) is 4.74 Å². The molecule has 1 aromatic rings. The Kier molecular flexibility index (Phi) is 7.22. The molecule has 2 aliphatic rings. The van der Waals surface area contributed by atoms with Crippen LogP contribution in [0.1, 0.15) is 18.4 Å². The molecule has 2 aliphatic heterocycles. The van der Waals surface area contributed by atoms with E-state index in [0.29, 0.717) is 38.7 Å². The van der Waals surface area contributed by atoms with Gasteiger partial charge in [0, 0.05) is 38.9 Å². The van der Waals surface area contributed by atoms with Crippen molar-refractivity contribution >= 4 is 11.9 Å². The quantitative estimate of drug-likeness (QED) is 0.697. The van der Waals surface area contributed by atoms with Gasteiger partial charge in [0.05, 0.1) is 6.61 Å². The van der Waals surface area contributed by atoms with E-state index in [0.717, 1.165) is 31.5 Å². The summed E-state index contributed by atoms with van der Waals surface area (Å²) in [5, 5.41) is 5.29. The van der Waals surface area contributed by atoms with Crippen molar-refractivity contribution in [2.75, 3.05) is 46.4 Å². The summed E-state index contributed by atoms with van der Waals surface area (Å²) in [7, 11) is 1.61. The second-order valence-corrected chi connectivity index (χ2v) is 7.49. The molecule has 28 heavy (non-hydrogen) atoms. The summed E-state index contributed by atoms with van der Waals surface area (Å²) in [5.41, 5.74) is 0.724. The summed E-state index contributed by atoms with van der Waals surface area (Å²) >= 11 is 0. The molecule has 3 amide bonds. The molecule has 0 aromatic heterocycles. The van der Waals surface area contributed by atoms with Gasteiger partial charge in [-0.15, -0.1) is 0 Å². The van der Waals surface area contributed by atoms with E-state index >= 15 is 0 Å². The maximum atomic E-state index is 13.9. The number of amides is 3.